The van der Waals surface area contributed by atoms with Gasteiger partial charge in [-0.25, -0.2) is 0 Å². The van der Waals surface area contributed by atoms with Gasteiger partial charge in [0.2, 0.25) is 5.91 Å². The van der Waals surface area contributed by atoms with Crippen LogP contribution in [0.4, 0.5) is 0 Å². The first-order chi connectivity index (χ1) is 9.98. The minimum atomic E-state index is -0.764. The highest BCUT2D eigenvalue weighted by Gasteiger charge is 2.33. The monoisotopic (exact) mass is 290 g/mol. The molecule has 0 bridgehead atoms. The van der Waals surface area contributed by atoms with Crippen molar-refractivity contribution in [3.05, 3.63) is 35.9 Å². The van der Waals surface area contributed by atoms with Gasteiger partial charge in [-0.3, -0.25) is 4.79 Å². The molecular formula is C17H26N2O2. The predicted octanol–water partition coefficient (Wildman–Crippen LogP) is 1.61. The summed E-state index contributed by atoms with van der Waals surface area (Å²) in [6, 6.07) is 9.16. The highest BCUT2D eigenvalue weighted by molar-refractivity contribution is 5.81. The molecule has 4 nitrogen and oxygen atoms in total. The third-order valence-corrected chi connectivity index (χ3v) is 4.29. The zero-order valence-electron chi connectivity index (χ0n) is 12.7. The highest BCUT2D eigenvalue weighted by atomic mass is 16.3. The number of aliphatic hydroxyl groups is 1. The fourth-order valence-corrected chi connectivity index (χ4v) is 3.14. The molecule has 0 radical (unpaired) electrons. The number of nitrogens with two attached hydrogens (primary N) is 1. The van der Waals surface area contributed by atoms with Crippen LogP contribution in [-0.4, -0.2) is 29.2 Å². The summed E-state index contributed by atoms with van der Waals surface area (Å²) < 4.78 is 0. The quantitative estimate of drug-likeness (QED) is 0.771. The zero-order chi connectivity index (χ0) is 15.3. The Morgan fingerprint density at radius 2 is 2.19 bits per heavy atom. The zero-order valence-corrected chi connectivity index (χ0v) is 12.7. The van der Waals surface area contributed by atoms with Crippen LogP contribution >= 0.6 is 0 Å². The molecule has 1 saturated carbocycles. The number of hydrogen-bond acceptors (Lipinski definition) is 3. The van der Waals surface area contributed by atoms with Crippen LogP contribution < -0.4 is 11.1 Å². The molecule has 21 heavy (non-hydrogen) atoms. The van der Waals surface area contributed by atoms with Gasteiger partial charge in [0.05, 0.1) is 11.6 Å². The van der Waals surface area contributed by atoms with Gasteiger partial charge in [0, 0.05) is 6.54 Å². The number of benzene rings is 1. The second-order valence-electron chi connectivity index (χ2n) is 6.44. The lowest BCUT2D eigenvalue weighted by Gasteiger charge is -2.35. The lowest BCUT2D eigenvalue weighted by Crippen LogP contribution is -2.50. The summed E-state index contributed by atoms with van der Waals surface area (Å²) in [6.07, 6.45) is 4.20. The smallest absolute Gasteiger partial charge is 0.237 e. The van der Waals surface area contributed by atoms with E-state index in [-0.39, 0.29) is 5.91 Å². The van der Waals surface area contributed by atoms with Crippen molar-refractivity contribution in [2.24, 2.45) is 11.7 Å². The summed E-state index contributed by atoms with van der Waals surface area (Å²) in [7, 11) is 0. The Morgan fingerprint density at radius 1 is 1.48 bits per heavy atom. The fourth-order valence-electron chi connectivity index (χ4n) is 3.14. The molecule has 2 rings (SSSR count). The van der Waals surface area contributed by atoms with E-state index in [0.717, 1.165) is 31.2 Å². The van der Waals surface area contributed by atoms with Crippen molar-refractivity contribution < 1.29 is 9.90 Å². The maximum absolute atomic E-state index is 12.1. The van der Waals surface area contributed by atoms with E-state index in [1.165, 1.54) is 0 Å². The highest BCUT2D eigenvalue weighted by Crippen LogP contribution is 2.31. The Balaban J connectivity index is 1.81. The number of nitrogens with one attached hydrogen (secondary N) is 1. The molecule has 1 aromatic rings. The van der Waals surface area contributed by atoms with Crippen molar-refractivity contribution in [1.29, 1.82) is 0 Å². The molecule has 0 heterocycles. The maximum atomic E-state index is 12.1. The molecule has 0 saturated heterocycles. The van der Waals surface area contributed by atoms with E-state index in [1.54, 1.807) is 0 Å². The molecule has 1 aliphatic carbocycles. The number of rotatable bonds is 5. The Bertz CT molecular complexity index is 463. The topological polar surface area (TPSA) is 75.3 Å². The molecule has 3 atom stereocenters. The Hall–Kier alpha value is -1.39. The molecule has 0 aromatic heterocycles. The van der Waals surface area contributed by atoms with Crippen LogP contribution in [-0.2, 0) is 11.2 Å². The standard InChI is InChI=1S/C17H26N2O2/c1-13-6-5-9-17(21,11-13)12-19-16(20)15(18)10-14-7-3-2-4-8-14/h2-4,7-8,13,15,21H,5-6,9-12,18H2,1H3,(H,19,20). The molecule has 3 unspecified atom stereocenters. The summed E-state index contributed by atoms with van der Waals surface area (Å²) in [4.78, 5) is 12.1. The number of hydrogen-bond donors (Lipinski definition) is 3. The molecule has 1 fully saturated rings. The largest absolute Gasteiger partial charge is 0.388 e. The van der Waals surface area contributed by atoms with Crippen molar-refractivity contribution in [3.8, 4) is 0 Å². The number of amides is 1. The van der Waals surface area contributed by atoms with Crippen LogP contribution in [0.5, 0.6) is 0 Å². The molecule has 1 aliphatic rings. The van der Waals surface area contributed by atoms with Gasteiger partial charge in [-0.05, 0) is 30.7 Å². The van der Waals surface area contributed by atoms with Gasteiger partial charge < -0.3 is 16.2 Å². The molecular weight excluding hydrogens is 264 g/mol. The van der Waals surface area contributed by atoms with Crippen LogP contribution in [0.1, 0.15) is 38.2 Å². The van der Waals surface area contributed by atoms with Gasteiger partial charge in [0.15, 0.2) is 0 Å². The van der Waals surface area contributed by atoms with Gasteiger partial charge in [0.25, 0.3) is 0 Å². The Morgan fingerprint density at radius 3 is 2.86 bits per heavy atom. The predicted molar refractivity (Wildman–Crippen MR) is 83.7 cm³/mol. The second kappa shape index (κ2) is 7.05. The molecule has 4 N–H and O–H groups in total. The Labute approximate surface area is 126 Å². The third kappa shape index (κ3) is 4.83. The van der Waals surface area contributed by atoms with Crippen LogP contribution in [0, 0.1) is 5.92 Å². The summed E-state index contributed by atoms with van der Waals surface area (Å²) in [5.41, 5.74) is 6.22. The van der Waals surface area contributed by atoms with Gasteiger partial charge in [-0.2, -0.15) is 0 Å². The SMILES string of the molecule is CC1CCCC(O)(CNC(=O)C(N)Cc2ccccc2)C1. The average molecular weight is 290 g/mol. The third-order valence-electron chi connectivity index (χ3n) is 4.29. The van der Waals surface area contributed by atoms with E-state index in [1.807, 2.05) is 30.3 Å². The summed E-state index contributed by atoms with van der Waals surface area (Å²) >= 11 is 0. The van der Waals surface area contributed by atoms with Gasteiger partial charge in [0.1, 0.15) is 0 Å². The average Bonchev–Trinajstić information content (AvgIpc) is 2.45. The first-order valence-electron chi connectivity index (χ1n) is 7.78. The first-order valence-corrected chi connectivity index (χ1v) is 7.78. The van der Waals surface area contributed by atoms with Gasteiger partial charge in [-0.1, -0.05) is 50.1 Å². The van der Waals surface area contributed by atoms with E-state index in [4.69, 9.17) is 5.73 Å². The lowest BCUT2D eigenvalue weighted by atomic mass is 9.79. The van der Waals surface area contributed by atoms with E-state index < -0.39 is 11.6 Å². The minimum Gasteiger partial charge on any atom is -0.388 e. The van der Waals surface area contributed by atoms with E-state index in [0.29, 0.717) is 18.9 Å². The molecule has 116 valence electrons. The summed E-state index contributed by atoms with van der Waals surface area (Å²) in [6.45, 7) is 2.45. The van der Waals surface area contributed by atoms with Crippen molar-refractivity contribution in [1.82, 2.24) is 5.32 Å². The lowest BCUT2D eigenvalue weighted by molar-refractivity contribution is -0.124. The molecule has 4 heteroatoms. The minimum absolute atomic E-state index is 0.189. The molecule has 0 aliphatic heterocycles. The van der Waals surface area contributed by atoms with E-state index >= 15 is 0 Å². The summed E-state index contributed by atoms with van der Waals surface area (Å²) in [5.74, 6) is 0.323. The van der Waals surface area contributed by atoms with Crippen molar-refractivity contribution in [3.63, 3.8) is 0 Å². The molecule has 1 aromatic carbocycles. The first kappa shape index (κ1) is 16.0. The molecule has 0 spiro atoms. The van der Waals surface area contributed by atoms with Crippen molar-refractivity contribution >= 4 is 5.91 Å². The maximum Gasteiger partial charge on any atom is 0.237 e. The summed E-state index contributed by atoms with van der Waals surface area (Å²) in [5, 5.41) is 13.3. The van der Waals surface area contributed by atoms with Crippen molar-refractivity contribution in [2.75, 3.05) is 6.54 Å². The normalized spacial score (nSPS) is 27.1. The Kier molecular flexibility index (Phi) is 5.37. The van der Waals surface area contributed by atoms with Crippen LogP contribution in [0.3, 0.4) is 0 Å². The van der Waals surface area contributed by atoms with Gasteiger partial charge in [-0.15, -0.1) is 0 Å². The van der Waals surface area contributed by atoms with E-state index in [2.05, 4.69) is 12.2 Å². The number of carbonyl (C=O) groups excluding carboxylic acids is 1. The second-order valence-corrected chi connectivity index (χ2v) is 6.44. The molecule has 1 amide bonds. The van der Waals surface area contributed by atoms with Crippen molar-refractivity contribution in [2.45, 2.75) is 50.7 Å². The van der Waals surface area contributed by atoms with E-state index in [9.17, 15) is 9.90 Å². The van der Waals surface area contributed by atoms with Crippen LogP contribution in [0.25, 0.3) is 0 Å². The van der Waals surface area contributed by atoms with Gasteiger partial charge >= 0.3 is 0 Å². The van der Waals surface area contributed by atoms with Crippen LogP contribution in [0.2, 0.25) is 0 Å². The van der Waals surface area contributed by atoms with Crippen LogP contribution in [0.15, 0.2) is 30.3 Å². The number of carbonyl (C=O) groups is 1. The fraction of sp³-hybridized carbons (Fsp3) is 0.588.